The van der Waals surface area contributed by atoms with Gasteiger partial charge in [0.1, 0.15) is 6.54 Å². The summed E-state index contributed by atoms with van der Waals surface area (Å²) in [7, 11) is 0. The number of para-hydroxylation sites is 2. The van der Waals surface area contributed by atoms with Crippen LogP contribution in [0.4, 0.5) is 0 Å². The Morgan fingerprint density at radius 2 is 1.95 bits per heavy atom. The van der Waals surface area contributed by atoms with Crippen LogP contribution in [0.15, 0.2) is 41.7 Å². The van der Waals surface area contributed by atoms with Crippen LogP contribution in [0, 0.1) is 0 Å². The number of amides is 1. The molecule has 5 heteroatoms. The summed E-state index contributed by atoms with van der Waals surface area (Å²) in [5.74, 6) is -0.194. The molecule has 0 aliphatic heterocycles. The van der Waals surface area contributed by atoms with Crippen LogP contribution < -0.4 is 11.0 Å². The first-order valence-corrected chi connectivity index (χ1v) is 6.24. The van der Waals surface area contributed by atoms with Gasteiger partial charge in [-0.3, -0.25) is 13.9 Å². The van der Waals surface area contributed by atoms with Crippen molar-refractivity contribution >= 4 is 16.9 Å². The Kier molecular flexibility index (Phi) is 3.85. The normalized spacial score (nSPS) is 10.6. The minimum atomic E-state index is -0.194. The van der Waals surface area contributed by atoms with Gasteiger partial charge in [0.05, 0.1) is 11.0 Å². The minimum Gasteiger partial charge on any atom is -0.351 e. The molecule has 1 N–H and O–H groups in total. The van der Waals surface area contributed by atoms with Crippen molar-refractivity contribution < 1.29 is 4.79 Å². The summed E-state index contributed by atoms with van der Waals surface area (Å²) < 4.78 is 3.16. The summed E-state index contributed by atoms with van der Waals surface area (Å²) in [6.07, 6.45) is 1.61. The standard InChI is InChI=1S/C14H17N3O2/c1-3-9-15-13(18)10-17-12-8-6-5-7-11(12)16(4-2)14(17)19/h3,5-8H,1,4,9-10H2,2H3,(H,15,18). The molecule has 1 aromatic heterocycles. The number of carbonyl (C=O) groups excluding carboxylic acids is 1. The molecule has 0 saturated heterocycles. The fourth-order valence-electron chi connectivity index (χ4n) is 2.12. The molecule has 0 unspecified atom stereocenters. The van der Waals surface area contributed by atoms with E-state index in [1.165, 1.54) is 4.57 Å². The highest BCUT2D eigenvalue weighted by Crippen LogP contribution is 2.12. The fourth-order valence-corrected chi connectivity index (χ4v) is 2.12. The SMILES string of the molecule is C=CCNC(=O)Cn1c(=O)n(CC)c2ccccc21. The Bertz CT molecular complexity index is 667. The van der Waals surface area contributed by atoms with Crippen LogP contribution in [0.2, 0.25) is 0 Å². The highest BCUT2D eigenvalue weighted by Gasteiger charge is 2.13. The number of aromatic nitrogens is 2. The van der Waals surface area contributed by atoms with E-state index in [1.54, 1.807) is 10.6 Å². The number of hydrogen-bond acceptors (Lipinski definition) is 2. The number of carbonyl (C=O) groups is 1. The quantitative estimate of drug-likeness (QED) is 0.818. The fraction of sp³-hybridized carbons (Fsp3) is 0.286. The van der Waals surface area contributed by atoms with Gasteiger partial charge in [-0.2, -0.15) is 0 Å². The van der Waals surface area contributed by atoms with Crippen LogP contribution in [0.3, 0.4) is 0 Å². The molecule has 0 aliphatic carbocycles. The van der Waals surface area contributed by atoms with E-state index in [-0.39, 0.29) is 18.1 Å². The molecule has 0 aliphatic rings. The van der Waals surface area contributed by atoms with Crippen molar-refractivity contribution in [2.75, 3.05) is 6.54 Å². The summed E-state index contributed by atoms with van der Waals surface area (Å²) in [5.41, 5.74) is 1.48. The van der Waals surface area contributed by atoms with Crippen LogP contribution >= 0.6 is 0 Å². The largest absolute Gasteiger partial charge is 0.351 e. The van der Waals surface area contributed by atoms with E-state index < -0.39 is 0 Å². The Morgan fingerprint density at radius 3 is 2.53 bits per heavy atom. The smallest absolute Gasteiger partial charge is 0.329 e. The molecule has 100 valence electrons. The third kappa shape index (κ3) is 2.45. The molecule has 19 heavy (non-hydrogen) atoms. The van der Waals surface area contributed by atoms with Crippen molar-refractivity contribution in [3.8, 4) is 0 Å². The summed E-state index contributed by atoms with van der Waals surface area (Å²) in [6, 6.07) is 7.48. The van der Waals surface area contributed by atoms with Gasteiger partial charge in [0.15, 0.2) is 0 Å². The number of hydrogen-bond donors (Lipinski definition) is 1. The minimum absolute atomic E-state index is 0.0280. The zero-order valence-corrected chi connectivity index (χ0v) is 10.9. The van der Waals surface area contributed by atoms with Crippen LogP contribution in [-0.4, -0.2) is 21.6 Å². The molecule has 1 aromatic carbocycles. The molecule has 1 amide bonds. The first-order chi connectivity index (χ1) is 9.19. The van der Waals surface area contributed by atoms with E-state index in [9.17, 15) is 9.59 Å². The van der Waals surface area contributed by atoms with Crippen molar-refractivity contribution in [2.45, 2.75) is 20.0 Å². The van der Waals surface area contributed by atoms with Crippen LogP contribution in [0.25, 0.3) is 11.0 Å². The molecule has 0 spiro atoms. The van der Waals surface area contributed by atoms with E-state index in [0.29, 0.717) is 13.1 Å². The maximum absolute atomic E-state index is 12.3. The number of aryl methyl sites for hydroxylation is 1. The van der Waals surface area contributed by atoms with Gasteiger partial charge >= 0.3 is 5.69 Å². The number of nitrogens with one attached hydrogen (secondary N) is 1. The Balaban J connectivity index is 2.43. The lowest BCUT2D eigenvalue weighted by Gasteiger charge is -2.03. The van der Waals surface area contributed by atoms with Gasteiger partial charge in [-0.15, -0.1) is 6.58 Å². The monoisotopic (exact) mass is 259 g/mol. The van der Waals surface area contributed by atoms with Crippen molar-refractivity contribution in [2.24, 2.45) is 0 Å². The molecule has 5 nitrogen and oxygen atoms in total. The summed E-state index contributed by atoms with van der Waals surface area (Å²) in [6.45, 7) is 6.46. The lowest BCUT2D eigenvalue weighted by Crippen LogP contribution is -2.33. The van der Waals surface area contributed by atoms with Crippen molar-refractivity contribution in [1.82, 2.24) is 14.5 Å². The summed E-state index contributed by atoms with van der Waals surface area (Å²) in [5, 5.41) is 2.67. The molecule has 0 saturated carbocycles. The van der Waals surface area contributed by atoms with E-state index in [2.05, 4.69) is 11.9 Å². The lowest BCUT2D eigenvalue weighted by atomic mass is 10.3. The second-order valence-corrected chi connectivity index (χ2v) is 4.19. The molecule has 0 fully saturated rings. The molecular weight excluding hydrogens is 242 g/mol. The maximum atomic E-state index is 12.3. The molecule has 0 bridgehead atoms. The Labute approximate surface area is 111 Å². The predicted octanol–water partition coefficient (Wildman–Crippen LogP) is 1.13. The van der Waals surface area contributed by atoms with E-state index in [1.807, 2.05) is 31.2 Å². The van der Waals surface area contributed by atoms with Gasteiger partial charge in [0, 0.05) is 13.1 Å². The van der Waals surface area contributed by atoms with Gasteiger partial charge in [0.25, 0.3) is 0 Å². The molecule has 1 heterocycles. The molecule has 0 atom stereocenters. The third-order valence-corrected chi connectivity index (χ3v) is 2.99. The number of benzene rings is 1. The summed E-state index contributed by atoms with van der Waals surface area (Å²) >= 11 is 0. The van der Waals surface area contributed by atoms with Crippen molar-refractivity contribution in [1.29, 1.82) is 0 Å². The summed E-state index contributed by atoms with van der Waals surface area (Å²) in [4.78, 5) is 24.0. The predicted molar refractivity (Wildman–Crippen MR) is 75.1 cm³/mol. The zero-order valence-electron chi connectivity index (χ0n) is 10.9. The van der Waals surface area contributed by atoms with E-state index >= 15 is 0 Å². The topological polar surface area (TPSA) is 56.0 Å². The highest BCUT2D eigenvalue weighted by molar-refractivity contribution is 5.81. The van der Waals surface area contributed by atoms with E-state index in [4.69, 9.17) is 0 Å². The number of nitrogens with zero attached hydrogens (tertiary/aromatic N) is 2. The Hall–Kier alpha value is -2.30. The highest BCUT2D eigenvalue weighted by atomic mass is 16.2. The van der Waals surface area contributed by atoms with Crippen molar-refractivity contribution in [3.05, 3.63) is 47.4 Å². The first kappa shape index (κ1) is 13.1. The lowest BCUT2D eigenvalue weighted by molar-refractivity contribution is -0.121. The average Bonchev–Trinajstić information content (AvgIpc) is 2.69. The van der Waals surface area contributed by atoms with Gasteiger partial charge in [0.2, 0.25) is 5.91 Å². The average molecular weight is 259 g/mol. The Morgan fingerprint density at radius 1 is 1.32 bits per heavy atom. The second-order valence-electron chi connectivity index (χ2n) is 4.19. The van der Waals surface area contributed by atoms with Gasteiger partial charge < -0.3 is 5.32 Å². The number of rotatable bonds is 5. The van der Waals surface area contributed by atoms with Crippen LogP contribution in [0.1, 0.15) is 6.92 Å². The van der Waals surface area contributed by atoms with Crippen molar-refractivity contribution in [3.63, 3.8) is 0 Å². The zero-order chi connectivity index (χ0) is 13.8. The van der Waals surface area contributed by atoms with Crippen LogP contribution in [0.5, 0.6) is 0 Å². The van der Waals surface area contributed by atoms with Gasteiger partial charge in [-0.25, -0.2) is 4.79 Å². The second kappa shape index (κ2) is 5.56. The van der Waals surface area contributed by atoms with Gasteiger partial charge in [-0.1, -0.05) is 18.2 Å². The van der Waals surface area contributed by atoms with E-state index in [0.717, 1.165) is 11.0 Å². The maximum Gasteiger partial charge on any atom is 0.329 e. The van der Waals surface area contributed by atoms with Gasteiger partial charge in [-0.05, 0) is 19.1 Å². The molecule has 2 rings (SSSR count). The molecule has 2 aromatic rings. The number of fused-ring (bicyclic) bond motifs is 1. The first-order valence-electron chi connectivity index (χ1n) is 6.24. The third-order valence-electron chi connectivity index (χ3n) is 2.99. The van der Waals surface area contributed by atoms with Crippen LogP contribution in [-0.2, 0) is 17.9 Å². The molecular formula is C14H17N3O2. The molecule has 0 radical (unpaired) electrons. The number of imidazole rings is 1.